The number of likely N-dealkylation sites (tertiary alicyclic amines) is 1. The van der Waals surface area contributed by atoms with Gasteiger partial charge in [0.1, 0.15) is 6.04 Å². The molecule has 1 saturated heterocycles. The van der Waals surface area contributed by atoms with E-state index in [1.807, 2.05) is 18.2 Å². The molecule has 1 fully saturated rings. The van der Waals surface area contributed by atoms with Gasteiger partial charge < -0.3 is 15.3 Å². The molecule has 7 nitrogen and oxygen atoms in total. The zero-order valence-electron chi connectivity index (χ0n) is 16.1. The fourth-order valence-electron chi connectivity index (χ4n) is 3.39. The second-order valence-electron chi connectivity index (χ2n) is 7.06. The van der Waals surface area contributed by atoms with Crippen molar-refractivity contribution in [2.75, 3.05) is 26.2 Å². The molecule has 1 aliphatic heterocycles. The Balaban J connectivity index is 1.91. The van der Waals surface area contributed by atoms with Gasteiger partial charge in [-0.15, -0.1) is 0 Å². The first-order valence-corrected chi connectivity index (χ1v) is 9.42. The molecule has 27 heavy (non-hydrogen) atoms. The maximum Gasteiger partial charge on any atom is 0.326 e. The molecule has 7 heteroatoms. The van der Waals surface area contributed by atoms with Gasteiger partial charge in [-0.05, 0) is 38.4 Å². The molecular weight excluding hydrogens is 346 g/mol. The summed E-state index contributed by atoms with van der Waals surface area (Å²) in [5, 5.41) is 12.0. The van der Waals surface area contributed by atoms with E-state index in [0.29, 0.717) is 12.8 Å². The number of nitrogens with zero attached hydrogens (tertiary/aromatic N) is 2. The monoisotopic (exact) mass is 375 g/mol. The Kier molecular flexibility index (Phi) is 7.79. The van der Waals surface area contributed by atoms with Crippen LogP contribution in [0.2, 0.25) is 0 Å². The van der Waals surface area contributed by atoms with E-state index in [1.165, 1.54) is 24.3 Å². The highest BCUT2D eigenvalue weighted by atomic mass is 16.4. The number of carbonyl (C=O) groups excluding carboxylic acids is 2. The van der Waals surface area contributed by atoms with Crippen molar-refractivity contribution in [3.63, 3.8) is 0 Å². The van der Waals surface area contributed by atoms with Crippen LogP contribution in [0.15, 0.2) is 30.3 Å². The number of amides is 2. The van der Waals surface area contributed by atoms with E-state index in [2.05, 4.69) is 22.3 Å². The van der Waals surface area contributed by atoms with Crippen molar-refractivity contribution in [3.8, 4) is 0 Å². The molecule has 1 unspecified atom stereocenters. The first kappa shape index (κ1) is 20.9. The SMILES string of the molecule is CC(=O)NCCN(C(=O)C1CCN(Cc2ccccc2)CC1)C(C)C(=O)O. The van der Waals surface area contributed by atoms with Crippen molar-refractivity contribution < 1.29 is 19.5 Å². The highest BCUT2D eigenvalue weighted by molar-refractivity contribution is 5.85. The van der Waals surface area contributed by atoms with Gasteiger partial charge in [0.25, 0.3) is 0 Å². The van der Waals surface area contributed by atoms with Crippen LogP contribution in [0, 0.1) is 5.92 Å². The van der Waals surface area contributed by atoms with Crippen molar-refractivity contribution in [3.05, 3.63) is 35.9 Å². The van der Waals surface area contributed by atoms with Gasteiger partial charge in [0, 0.05) is 32.5 Å². The molecule has 1 heterocycles. The zero-order valence-corrected chi connectivity index (χ0v) is 16.1. The molecule has 2 N–H and O–H groups in total. The predicted octanol–water partition coefficient (Wildman–Crippen LogP) is 1.34. The highest BCUT2D eigenvalue weighted by Crippen LogP contribution is 2.22. The van der Waals surface area contributed by atoms with E-state index in [9.17, 15) is 19.5 Å². The second-order valence-corrected chi connectivity index (χ2v) is 7.06. The van der Waals surface area contributed by atoms with E-state index in [1.54, 1.807) is 0 Å². The van der Waals surface area contributed by atoms with Gasteiger partial charge in [-0.3, -0.25) is 14.5 Å². The molecule has 148 valence electrons. The number of carboxylic acid groups (broad SMARTS) is 1. The number of aliphatic carboxylic acids is 1. The fraction of sp³-hybridized carbons (Fsp3) is 0.550. The number of carboxylic acids is 1. The van der Waals surface area contributed by atoms with E-state index < -0.39 is 12.0 Å². The van der Waals surface area contributed by atoms with Crippen molar-refractivity contribution in [1.82, 2.24) is 15.1 Å². The largest absolute Gasteiger partial charge is 0.480 e. The molecule has 1 aliphatic rings. The van der Waals surface area contributed by atoms with Gasteiger partial charge in [0.15, 0.2) is 0 Å². The Morgan fingerprint density at radius 1 is 1.22 bits per heavy atom. The number of nitrogens with one attached hydrogen (secondary N) is 1. The van der Waals surface area contributed by atoms with Crippen LogP contribution in [-0.4, -0.2) is 64.9 Å². The Morgan fingerprint density at radius 2 is 1.85 bits per heavy atom. The molecule has 0 bridgehead atoms. The quantitative estimate of drug-likeness (QED) is 0.716. The van der Waals surface area contributed by atoms with Crippen LogP contribution >= 0.6 is 0 Å². The van der Waals surface area contributed by atoms with Crippen LogP contribution in [0.1, 0.15) is 32.3 Å². The van der Waals surface area contributed by atoms with Gasteiger partial charge in [0.05, 0.1) is 0 Å². The average molecular weight is 375 g/mol. The lowest BCUT2D eigenvalue weighted by Gasteiger charge is -2.35. The van der Waals surface area contributed by atoms with Crippen molar-refractivity contribution in [2.45, 2.75) is 39.3 Å². The Bertz CT molecular complexity index is 642. The van der Waals surface area contributed by atoms with E-state index in [-0.39, 0.29) is 30.8 Å². The number of hydrogen-bond donors (Lipinski definition) is 2. The summed E-state index contributed by atoms with van der Waals surface area (Å²) in [5.74, 6) is -1.53. The molecule has 1 atom stereocenters. The standard InChI is InChI=1S/C20H29N3O4/c1-15(20(26)27)23(13-10-21-16(2)24)19(25)18-8-11-22(12-9-18)14-17-6-4-3-5-7-17/h3-7,15,18H,8-14H2,1-2H3,(H,21,24)(H,26,27). The van der Waals surface area contributed by atoms with Gasteiger partial charge in [-0.2, -0.15) is 0 Å². The molecule has 0 radical (unpaired) electrons. The molecule has 0 aromatic heterocycles. The lowest BCUT2D eigenvalue weighted by Crippen LogP contribution is -2.50. The fourth-order valence-corrected chi connectivity index (χ4v) is 3.39. The second kappa shape index (κ2) is 10.1. The first-order valence-electron chi connectivity index (χ1n) is 9.42. The lowest BCUT2D eigenvalue weighted by atomic mass is 9.94. The summed E-state index contributed by atoms with van der Waals surface area (Å²) in [6.45, 7) is 5.85. The molecule has 1 aromatic rings. The molecule has 0 saturated carbocycles. The van der Waals surface area contributed by atoms with Crippen LogP contribution in [0.5, 0.6) is 0 Å². The summed E-state index contributed by atoms with van der Waals surface area (Å²) in [4.78, 5) is 39.1. The third-order valence-electron chi connectivity index (χ3n) is 5.02. The number of piperidine rings is 1. The van der Waals surface area contributed by atoms with Gasteiger partial charge >= 0.3 is 5.97 Å². The summed E-state index contributed by atoms with van der Waals surface area (Å²) >= 11 is 0. The van der Waals surface area contributed by atoms with Gasteiger partial charge in [-0.25, -0.2) is 4.79 Å². The minimum Gasteiger partial charge on any atom is -0.480 e. The molecule has 2 rings (SSSR count). The van der Waals surface area contributed by atoms with E-state index in [4.69, 9.17) is 0 Å². The Morgan fingerprint density at radius 3 is 2.41 bits per heavy atom. The first-order chi connectivity index (χ1) is 12.9. The summed E-state index contributed by atoms with van der Waals surface area (Å²) < 4.78 is 0. The topological polar surface area (TPSA) is 90.0 Å². The predicted molar refractivity (Wildman–Crippen MR) is 102 cm³/mol. The molecule has 1 aromatic carbocycles. The van der Waals surface area contributed by atoms with Crippen molar-refractivity contribution >= 4 is 17.8 Å². The summed E-state index contributed by atoms with van der Waals surface area (Å²) in [5.41, 5.74) is 1.25. The van der Waals surface area contributed by atoms with Crippen LogP contribution in [0.25, 0.3) is 0 Å². The van der Waals surface area contributed by atoms with Crippen molar-refractivity contribution in [1.29, 1.82) is 0 Å². The molecule has 0 spiro atoms. The van der Waals surface area contributed by atoms with Crippen LogP contribution < -0.4 is 5.32 Å². The maximum absolute atomic E-state index is 12.9. The molecule has 2 amide bonds. The van der Waals surface area contributed by atoms with Gasteiger partial charge in [0.2, 0.25) is 11.8 Å². The summed E-state index contributed by atoms with van der Waals surface area (Å²) in [7, 11) is 0. The zero-order chi connectivity index (χ0) is 19.8. The normalized spacial score (nSPS) is 16.5. The number of carbonyl (C=O) groups is 3. The minimum atomic E-state index is -1.03. The van der Waals surface area contributed by atoms with Crippen LogP contribution in [0.3, 0.4) is 0 Å². The number of rotatable bonds is 8. The minimum absolute atomic E-state index is 0.130. The van der Waals surface area contributed by atoms with Crippen LogP contribution in [0.4, 0.5) is 0 Å². The number of hydrogen-bond acceptors (Lipinski definition) is 4. The van der Waals surface area contributed by atoms with E-state index >= 15 is 0 Å². The van der Waals surface area contributed by atoms with Gasteiger partial charge in [-0.1, -0.05) is 30.3 Å². The summed E-state index contributed by atoms with van der Waals surface area (Å²) in [6, 6.07) is 9.31. The third kappa shape index (κ3) is 6.36. The summed E-state index contributed by atoms with van der Waals surface area (Å²) in [6.07, 6.45) is 1.43. The van der Waals surface area contributed by atoms with E-state index in [0.717, 1.165) is 19.6 Å². The van der Waals surface area contributed by atoms with Crippen molar-refractivity contribution in [2.24, 2.45) is 5.92 Å². The Hall–Kier alpha value is -2.41. The average Bonchev–Trinajstić information content (AvgIpc) is 2.65. The Labute approximate surface area is 160 Å². The molecular formula is C20H29N3O4. The third-order valence-corrected chi connectivity index (χ3v) is 5.02. The lowest BCUT2D eigenvalue weighted by molar-refractivity contribution is -0.152. The number of benzene rings is 1. The maximum atomic E-state index is 12.9. The highest BCUT2D eigenvalue weighted by Gasteiger charge is 2.32. The molecule has 0 aliphatic carbocycles. The van der Waals surface area contributed by atoms with Crippen LogP contribution in [-0.2, 0) is 20.9 Å². The smallest absolute Gasteiger partial charge is 0.326 e.